The van der Waals surface area contributed by atoms with Crippen LogP contribution in [0.3, 0.4) is 0 Å². The average Bonchev–Trinajstić information content (AvgIpc) is 2.59. The number of halogens is 1. The van der Waals surface area contributed by atoms with Gasteiger partial charge in [0.15, 0.2) is 0 Å². The normalized spacial score (nSPS) is 10.9. The van der Waals surface area contributed by atoms with Crippen LogP contribution in [0.2, 0.25) is 5.15 Å². The lowest BCUT2D eigenvalue weighted by Gasteiger charge is -2.05. The van der Waals surface area contributed by atoms with Gasteiger partial charge in [0.2, 0.25) is 0 Å². The fourth-order valence-electron chi connectivity index (χ4n) is 1.33. The molecule has 0 fully saturated rings. The lowest BCUT2D eigenvalue weighted by molar-refractivity contribution is 0.132. The van der Waals surface area contributed by atoms with Crippen LogP contribution in [0.5, 0.6) is 0 Å². The zero-order valence-electron chi connectivity index (χ0n) is 10.0. The van der Waals surface area contributed by atoms with Gasteiger partial charge in [-0.1, -0.05) is 18.5 Å². The molecular weight excluding hydrogens is 226 g/mol. The first-order valence-corrected chi connectivity index (χ1v) is 6.08. The number of ether oxygens (including phenoxy) is 1. The maximum absolute atomic E-state index is 5.88. The van der Waals surface area contributed by atoms with Gasteiger partial charge in [-0.3, -0.25) is 0 Å². The fraction of sp³-hybridized carbons (Fsp3) is 0.727. The van der Waals surface area contributed by atoms with E-state index in [0.717, 1.165) is 45.0 Å². The van der Waals surface area contributed by atoms with Crippen LogP contribution in [0, 0.1) is 0 Å². The molecule has 1 aromatic rings. The third-order valence-electron chi connectivity index (χ3n) is 2.30. The van der Waals surface area contributed by atoms with Gasteiger partial charge in [0, 0.05) is 20.3 Å². The van der Waals surface area contributed by atoms with Gasteiger partial charge < -0.3 is 14.6 Å². The second kappa shape index (κ2) is 7.65. The van der Waals surface area contributed by atoms with E-state index in [1.54, 1.807) is 6.20 Å². The Balaban J connectivity index is 2.05. The van der Waals surface area contributed by atoms with Crippen LogP contribution in [0.15, 0.2) is 6.20 Å². The third-order valence-corrected chi connectivity index (χ3v) is 2.65. The summed E-state index contributed by atoms with van der Waals surface area (Å²) in [5, 5.41) is 3.98. The van der Waals surface area contributed by atoms with E-state index >= 15 is 0 Å². The third kappa shape index (κ3) is 4.51. The molecule has 5 heteroatoms. The summed E-state index contributed by atoms with van der Waals surface area (Å²) in [6.45, 7) is 5.48. The van der Waals surface area contributed by atoms with Crippen LogP contribution in [-0.2, 0) is 18.3 Å². The van der Waals surface area contributed by atoms with E-state index in [0.29, 0.717) is 5.15 Å². The highest BCUT2D eigenvalue weighted by molar-refractivity contribution is 6.29. The van der Waals surface area contributed by atoms with E-state index in [9.17, 15) is 0 Å². The van der Waals surface area contributed by atoms with Gasteiger partial charge >= 0.3 is 0 Å². The summed E-state index contributed by atoms with van der Waals surface area (Å²) in [5.41, 5.74) is 0. The zero-order chi connectivity index (χ0) is 11.8. The summed E-state index contributed by atoms with van der Waals surface area (Å²) < 4.78 is 7.26. The molecule has 1 heterocycles. The van der Waals surface area contributed by atoms with Crippen molar-refractivity contribution in [3.63, 3.8) is 0 Å². The Morgan fingerprint density at radius 2 is 2.31 bits per heavy atom. The number of hydrogen-bond donors (Lipinski definition) is 1. The number of rotatable bonds is 8. The molecule has 0 atom stereocenters. The average molecular weight is 246 g/mol. The Labute approximate surface area is 102 Å². The number of aromatic nitrogens is 2. The van der Waals surface area contributed by atoms with Crippen molar-refractivity contribution in [2.45, 2.75) is 26.3 Å². The first kappa shape index (κ1) is 13.5. The molecule has 0 aliphatic rings. The predicted molar refractivity (Wildman–Crippen MR) is 65.7 cm³/mol. The maximum atomic E-state index is 5.88. The van der Waals surface area contributed by atoms with E-state index in [4.69, 9.17) is 16.3 Å². The number of hydrogen-bond acceptors (Lipinski definition) is 3. The van der Waals surface area contributed by atoms with Gasteiger partial charge in [-0.05, 0) is 19.4 Å². The molecular formula is C11H20ClN3O. The Kier molecular flexibility index (Phi) is 6.45. The first-order valence-electron chi connectivity index (χ1n) is 5.70. The van der Waals surface area contributed by atoms with Gasteiger partial charge in [-0.15, -0.1) is 0 Å². The van der Waals surface area contributed by atoms with Crippen molar-refractivity contribution in [2.24, 2.45) is 7.05 Å². The summed E-state index contributed by atoms with van der Waals surface area (Å²) in [6, 6.07) is 0. The largest absolute Gasteiger partial charge is 0.381 e. The summed E-state index contributed by atoms with van der Waals surface area (Å²) in [5.74, 6) is 0.958. The summed E-state index contributed by atoms with van der Waals surface area (Å²) in [7, 11) is 1.91. The molecule has 0 spiro atoms. The zero-order valence-corrected chi connectivity index (χ0v) is 10.8. The van der Waals surface area contributed by atoms with E-state index in [1.807, 2.05) is 11.6 Å². The number of nitrogens with one attached hydrogen (secondary N) is 1. The molecule has 0 saturated heterocycles. The predicted octanol–water partition coefficient (Wildman–Crippen LogP) is 1.98. The Bertz CT molecular complexity index is 301. The van der Waals surface area contributed by atoms with E-state index in [-0.39, 0.29) is 0 Å². The molecule has 4 nitrogen and oxygen atoms in total. The van der Waals surface area contributed by atoms with Gasteiger partial charge in [-0.25, -0.2) is 4.98 Å². The highest BCUT2D eigenvalue weighted by Crippen LogP contribution is 2.08. The van der Waals surface area contributed by atoms with Crippen LogP contribution < -0.4 is 5.32 Å². The molecule has 0 amide bonds. The molecule has 92 valence electrons. The number of imidazole rings is 1. The van der Waals surface area contributed by atoms with Crippen molar-refractivity contribution >= 4 is 11.6 Å². The molecule has 0 bridgehead atoms. The van der Waals surface area contributed by atoms with Crippen molar-refractivity contribution in [2.75, 3.05) is 19.8 Å². The summed E-state index contributed by atoms with van der Waals surface area (Å²) in [4.78, 5) is 4.20. The highest BCUT2D eigenvalue weighted by Gasteiger charge is 2.02. The summed E-state index contributed by atoms with van der Waals surface area (Å²) >= 11 is 5.88. The van der Waals surface area contributed by atoms with Crippen LogP contribution >= 0.6 is 11.6 Å². The second-order valence-electron chi connectivity index (χ2n) is 3.70. The molecule has 1 rings (SSSR count). The molecule has 16 heavy (non-hydrogen) atoms. The van der Waals surface area contributed by atoms with E-state index < -0.39 is 0 Å². The molecule has 0 saturated carbocycles. The van der Waals surface area contributed by atoms with Crippen molar-refractivity contribution in [3.8, 4) is 0 Å². The molecule has 0 unspecified atom stereocenters. The molecule has 1 N–H and O–H groups in total. The van der Waals surface area contributed by atoms with Crippen molar-refractivity contribution in [1.82, 2.24) is 14.9 Å². The van der Waals surface area contributed by atoms with E-state index in [2.05, 4.69) is 17.2 Å². The molecule has 0 aliphatic heterocycles. The smallest absolute Gasteiger partial charge is 0.128 e. The summed E-state index contributed by atoms with van der Waals surface area (Å²) in [6.07, 6.45) is 3.78. The minimum Gasteiger partial charge on any atom is -0.381 e. The Morgan fingerprint density at radius 1 is 1.50 bits per heavy atom. The highest BCUT2D eigenvalue weighted by atomic mass is 35.5. The lowest BCUT2D eigenvalue weighted by atomic mass is 10.4. The van der Waals surface area contributed by atoms with Crippen LogP contribution in [0.4, 0.5) is 0 Å². The Hall–Kier alpha value is -0.580. The molecule has 0 radical (unpaired) electrons. The monoisotopic (exact) mass is 245 g/mol. The topological polar surface area (TPSA) is 39.1 Å². The van der Waals surface area contributed by atoms with Gasteiger partial charge in [0.1, 0.15) is 11.0 Å². The van der Waals surface area contributed by atoms with Crippen molar-refractivity contribution in [1.29, 1.82) is 0 Å². The molecule has 0 aliphatic carbocycles. The van der Waals surface area contributed by atoms with Crippen molar-refractivity contribution < 1.29 is 4.74 Å². The first-order chi connectivity index (χ1) is 7.75. The van der Waals surface area contributed by atoms with Gasteiger partial charge in [0.05, 0.1) is 12.7 Å². The van der Waals surface area contributed by atoms with Gasteiger partial charge in [0.25, 0.3) is 0 Å². The van der Waals surface area contributed by atoms with Crippen LogP contribution in [0.1, 0.15) is 25.6 Å². The van der Waals surface area contributed by atoms with Crippen LogP contribution in [0.25, 0.3) is 0 Å². The van der Waals surface area contributed by atoms with Crippen molar-refractivity contribution in [3.05, 3.63) is 17.2 Å². The lowest BCUT2D eigenvalue weighted by Crippen LogP contribution is -2.18. The van der Waals surface area contributed by atoms with E-state index in [1.165, 1.54) is 0 Å². The number of nitrogens with zero attached hydrogens (tertiary/aromatic N) is 2. The minimum atomic E-state index is 0.670. The minimum absolute atomic E-state index is 0.670. The Morgan fingerprint density at radius 3 is 2.94 bits per heavy atom. The molecule has 1 aromatic heterocycles. The van der Waals surface area contributed by atoms with Gasteiger partial charge in [-0.2, -0.15) is 0 Å². The quantitative estimate of drug-likeness (QED) is 0.712. The second-order valence-corrected chi connectivity index (χ2v) is 4.09. The maximum Gasteiger partial charge on any atom is 0.128 e. The standard InChI is InChI=1S/C11H20ClN3O/c1-3-6-16-7-4-5-13-9-11-14-8-10(12)15(11)2/h8,13H,3-7,9H2,1-2H3. The SMILES string of the molecule is CCCOCCCNCc1ncc(Cl)n1C. The fourth-order valence-corrected chi connectivity index (χ4v) is 1.48. The van der Waals surface area contributed by atoms with Crippen LogP contribution in [-0.4, -0.2) is 29.3 Å². The molecule has 0 aromatic carbocycles.